The molecule has 0 spiro atoms. The van der Waals surface area contributed by atoms with Crippen LogP contribution in [-0.4, -0.2) is 18.2 Å². The number of likely N-dealkylation sites (N-methyl/N-ethyl adjacent to an activating group) is 1. The van der Waals surface area contributed by atoms with E-state index in [1.54, 1.807) is 0 Å². The molecule has 1 atom stereocenters. The first-order chi connectivity index (χ1) is 9.61. The summed E-state index contributed by atoms with van der Waals surface area (Å²) in [4.78, 5) is 0. The Hall–Kier alpha value is -0.800. The van der Waals surface area contributed by atoms with Crippen LogP contribution in [0.3, 0.4) is 0 Å². The summed E-state index contributed by atoms with van der Waals surface area (Å²) in [6.45, 7) is 6.85. The molecule has 3 heteroatoms. The van der Waals surface area contributed by atoms with Crippen LogP contribution >= 0.6 is 15.9 Å². The molecule has 20 heavy (non-hydrogen) atoms. The van der Waals surface area contributed by atoms with Gasteiger partial charge in [-0.1, -0.05) is 29.8 Å². The molecular weight excluding hydrogens is 312 g/mol. The number of benzene rings is 1. The molecule has 2 nitrogen and oxygen atoms in total. The Bertz CT molecular complexity index is 627. The summed E-state index contributed by atoms with van der Waals surface area (Å²) in [7, 11) is 2.05. The number of aryl methyl sites for hydroxylation is 2. The van der Waals surface area contributed by atoms with E-state index >= 15 is 0 Å². The molecule has 1 N–H and O–H groups in total. The van der Waals surface area contributed by atoms with Crippen molar-refractivity contribution >= 4 is 26.8 Å². The maximum Gasteiger partial charge on any atom is 0.0516 e. The third kappa shape index (κ3) is 2.31. The lowest BCUT2D eigenvalue weighted by atomic mass is 9.87. The second-order valence-electron chi connectivity index (χ2n) is 6.25. The number of nitrogens with zero attached hydrogens (tertiary/aromatic N) is 1. The molecule has 1 aliphatic heterocycles. The summed E-state index contributed by atoms with van der Waals surface area (Å²) < 4.78 is 3.69. The minimum absolute atomic E-state index is 0.573. The molecule has 1 aromatic heterocycles. The molecule has 0 bridgehead atoms. The van der Waals surface area contributed by atoms with E-state index in [-0.39, 0.29) is 0 Å². The quantitative estimate of drug-likeness (QED) is 0.881. The van der Waals surface area contributed by atoms with Gasteiger partial charge in [0.1, 0.15) is 0 Å². The highest BCUT2D eigenvalue weighted by molar-refractivity contribution is 9.10. The van der Waals surface area contributed by atoms with E-state index in [0.29, 0.717) is 11.8 Å². The lowest BCUT2D eigenvalue weighted by Gasteiger charge is -2.20. The zero-order chi connectivity index (χ0) is 14.3. The summed E-state index contributed by atoms with van der Waals surface area (Å²) in [5, 5.41) is 4.81. The molecule has 1 unspecified atom stereocenters. The molecule has 1 aromatic carbocycles. The number of hydrogen-bond acceptors (Lipinski definition) is 1. The Balaban J connectivity index is 2.21. The van der Waals surface area contributed by atoms with Crippen molar-refractivity contribution in [2.24, 2.45) is 5.92 Å². The minimum Gasteiger partial charge on any atom is -0.347 e. The molecule has 0 saturated heterocycles. The number of aromatic nitrogens is 1. The van der Waals surface area contributed by atoms with Gasteiger partial charge in [-0.15, -0.1) is 0 Å². The Morgan fingerprint density at radius 1 is 1.35 bits per heavy atom. The van der Waals surface area contributed by atoms with E-state index in [1.807, 2.05) is 7.05 Å². The van der Waals surface area contributed by atoms with Gasteiger partial charge in [0, 0.05) is 35.1 Å². The smallest absolute Gasteiger partial charge is 0.0516 e. The molecule has 108 valence electrons. The molecule has 0 fully saturated rings. The van der Waals surface area contributed by atoms with Crippen molar-refractivity contribution < 1.29 is 0 Å². The Morgan fingerprint density at radius 3 is 2.85 bits per heavy atom. The number of hydrogen-bond donors (Lipinski definition) is 1. The van der Waals surface area contributed by atoms with Crippen LogP contribution in [0.4, 0.5) is 0 Å². The minimum atomic E-state index is 0.573. The summed E-state index contributed by atoms with van der Waals surface area (Å²) in [5.74, 6) is 1.22. The molecule has 0 aliphatic carbocycles. The Labute approximate surface area is 129 Å². The summed E-state index contributed by atoms with van der Waals surface area (Å²) in [5.41, 5.74) is 4.48. The SMILES string of the molecule is CNCC(c1cn2c3c(cc(Br)cc13)CCC2)C(C)C. The predicted octanol–water partition coefficient (Wildman–Crippen LogP) is 4.31. The van der Waals surface area contributed by atoms with E-state index in [2.05, 4.69) is 58.0 Å². The van der Waals surface area contributed by atoms with Crippen molar-refractivity contribution in [1.29, 1.82) is 0 Å². The molecule has 0 saturated carbocycles. The van der Waals surface area contributed by atoms with Crippen molar-refractivity contribution in [3.63, 3.8) is 0 Å². The van der Waals surface area contributed by atoms with Gasteiger partial charge in [-0.3, -0.25) is 0 Å². The van der Waals surface area contributed by atoms with Crippen LogP contribution in [0.25, 0.3) is 10.9 Å². The second-order valence-corrected chi connectivity index (χ2v) is 7.17. The van der Waals surface area contributed by atoms with Gasteiger partial charge in [-0.05, 0) is 49.1 Å². The van der Waals surface area contributed by atoms with Gasteiger partial charge in [-0.2, -0.15) is 0 Å². The van der Waals surface area contributed by atoms with Crippen molar-refractivity contribution in [3.8, 4) is 0 Å². The lowest BCUT2D eigenvalue weighted by molar-refractivity contribution is 0.479. The first kappa shape index (κ1) is 14.2. The highest BCUT2D eigenvalue weighted by atomic mass is 79.9. The zero-order valence-corrected chi connectivity index (χ0v) is 14.1. The molecule has 3 rings (SSSR count). The van der Waals surface area contributed by atoms with Crippen molar-refractivity contribution in [2.45, 2.75) is 39.2 Å². The molecule has 0 amide bonds. The van der Waals surface area contributed by atoms with Crippen LogP contribution in [-0.2, 0) is 13.0 Å². The standard InChI is InChI=1S/C17H23BrN2/c1-11(2)15(9-19-3)16-10-20-6-4-5-12-7-13(18)8-14(16)17(12)20/h7-8,10-11,15,19H,4-6,9H2,1-3H3. The number of rotatable bonds is 4. The fourth-order valence-electron chi connectivity index (χ4n) is 3.54. The summed E-state index contributed by atoms with van der Waals surface area (Å²) in [6, 6.07) is 4.60. The molecule has 0 radical (unpaired) electrons. The van der Waals surface area contributed by atoms with Crippen molar-refractivity contribution in [1.82, 2.24) is 9.88 Å². The van der Waals surface area contributed by atoms with E-state index < -0.39 is 0 Å². The average Bonchev–Trinajstić information content (AvgIpc) is 2.75. The monoisotopic (exact) mass is 334 g/mol. The van der Waals surface area contributed by atoms with Gasteiger partial charge in [0.25, 0.3) is 0 Å². The largest absolute Gasteiger partial charge is 0.347 e. The first-order valence-electron chi connectivity index (χ1n) is 7.57. The van der Waals surface area contributed by atoms with E-state index in [9.17, 15) is 0 Å². The molecule has 1 aliphatic rings. The van der Waals surface area contributed by atoms with E-state index in [0.717, 1.165) is 13.1 Å². The Morgan fingerprint density at radius 2 is 2.15 bits per heavy atom. The van der Waals surface area contributed by atoms with Crippen molar-refractivity contribution in [3.05, 3.63) is 33.9 Å². The van der Waals surface area contributed by atoms with Gasteiger partial charge in [0.05, 0.1) is 5.52 Å². The average molecular weight is 335 g/mol. The lowest BCUT2D eigenvalue weighted by Crippen LogP contribution is -2.21. The van der Waals surface area contributed by atoms with Crippen LogP contribution in [0, 0.1) is 5.92 Å². The maximum absolute atomic E-state index is 3.69. The zero-order valence-electron chi connectivity index (χ0n) is 12.5. The van der Waals surface area contributed by atoms with E-state index in [1.165, 1.54) is 39.3 Å². The molecule has 2 aromatic rings. The second kappa shape index (κ2) is 5.53. The van der Waals surface area contributed by atoms with Crippen LogP contribution in [0.2, 0.25) is 0 Å². The fourth-order valence-corrected chi connectivity index (χ4v) is 4.05. The van der Waals surface area contributed by atoms with Crippen LogP contribution < -0.4 is 5.32 Å². The van der Waals surface area contributed by atoms with Gasteiger partial charge in [0.15, 0.2) is 0 Å². The normalized spacial score (nSPS) is 16.1. The predicted molar refractivity (Wildman–Crippen MR) is 89.5 cm³/mol. The Kier molecular flexibility index (Phi) is 3.91. The summed E-state index contributed by atoms with van der Waals surface area (Å²) in [6.07, 6.45) is 4.87. The van der Waals surface area contributed by atoms with Gasteiger partial charge in [0.2, 0.25) is 0 Å². The fraction of sp³-hybridized carbons (Fsp3) is 0.529. The topological polar surface area (TPSA) is 17.0 Å². The van der Waals surface area contributed by atoms with E-state index in [4.69, 9.17) is 0 Å². The van der Waals surface area contributed by atoms with Gasteiger partial charge in [-0.25, -0.2) is 0 Å². The van der Waals surface area contributed by atoms with Crippen LogP contribution in [0.5, 0.6) is 0 Å². The van der Waals surface area contributed by atoms with Gasteiger partial charge < -0.3 is 9.88 Å². The third-order valence-electron chi connectivity index (χ3n) is 4.52. The summed E-state index contributed by atoms with van der Waals surface area (Å²) >= 11 is 3.69. The highest BCUT2D eigenvalue weighted by Crippen LogP contribution is 2.37. The third-order valence-corrected chi connectivity index (χ3v) is 4.98. The highest BCUT2D eigenvalue weighted by Gasteiger charge is 2.23. The maximum atomic E-state index is 3.69. The molecule has 2 heterocycles. The van der Waals surface area contributed by atoms with Crippen molar-refractivity contribution in [2.75, 3.05) is 13.6 Å². The number of halogens is 1. The van der Waals surface area contributed by atoms with Crippen LogP contribution in [0.15, 0.2) is 22.8 Å². The number of nitrogens with one attached hydrogen (secondary N) is 1. The molecular formula is C17H23BrN2. The van der Waals surface area contributed by atoms with Gasteiger partial charge >= 0.3 is 0 Å². The first-order valence-corrected chi connectivity index (χ1v) is 8.37. The van der Waals surface area contributed by atoms with Crippen LogP contribution in [0.1, 0.15) is 37.3 Å².